The molecular formula is C27H24ClN7O2S. The summed E-state index contributed by atoms with van der Waals surface area (Å²) in [5.41, 5.74) is 8.16. The Kier molecular flexibility index (Phi) is 6.85. The fraction of sp³-hybridized carbons (Fsp3) is 0.0741. The first-order valence-electron chi connectivity index (χ1n) is 11.5. The van der Waals surface area contributed by atoms with Gasteiger partial charge in [-0.15, -0.1) is 0 Å². The van der Waals surface area contributed by atoms with Gasteiger partial charge in [0.15, 0.2) is 11.5 Å². The molecule has 0 aliphatic heterocycles. The minimum Gasteiger partial charge on any atom is -0.378 e. The van der Waals surface area contributed by atoms with Crippen LogP contribution in [0.2, 0.25) is 5.02 Å². The standard InChI is InChI=1S/C27H24ClN7O2S/c1-34(2)21-9-3-18(4-10-21)15-32-33-26-25-24(19-5-7-20(28)8-6-19)16-35(27(25)31-17-30-26)22-11-13-23(14-12-22)38(29,36)37/h3-17H,1-2H3,(H2,29,36,37)(H,30,31,33)/b32-15+. The molecule has 0 saturated carbocycles. The third-order valence-corrected chi connectivity index (χ3v) is 7.16. The van der Waals surface area contributed by atoms with Crippen molar-refractivity contribution in [2.75, 3.05) is 24.4 Å². The van der Waals surface area contributed by atoms with E-state index in [9.17, 15) is 8.42 Å². The Balaban J connectivity index is 1.58. The topological polar surface area (TPSA) is 118 Å². The second-order valence-electron chi connectivity index (χ2n) is 8.74. The summed E-state index contributed by atoms with van der Waals surface area (Å²) < 4.78 is 25.3. The number of anilines is 2. The Hall–Kier alpha value is -4.25. The van der Waals surface area contributed by atoms with Gasteiger partial charge < -0.3 is 9.47 Å². The summed E-state index contributed by atoms with van der Waals surface area (Å²) in [6, 6.07) is 21.7. The van der Waals surface area contributed by atoms with Crippen molar-refractivity contribution in [3.63, 3.8) is 0 Å². The molecule has 2 heterocycles. The lowest BCUT2D eigenvalue weighted by atomic mass is 10.1. The zero-order valence-corrected chi connectivity index (χ0v) is 22.1. The van der Waals surface area contributed by atoms with Gasteiger partial charge in [-0.2, -0.15) is 5.10 Å². The minimum atomic E-state index is -3.81. The highest BCUT2D eigenvalue weighted by Gasteiger charge is 2.18. The lowest BCUT2D eigenvalue weighted by molar-refractivity contribution is 0.598. The van der Waals surface area contributed by atoms with E-state index in [-0.39, 0.29) is 4.90 Å². The molecule has 0 radical (unpaired) electrons. The molecule has 0 spiro atoms. The third kappa shape index (κ3) is 5.23. The van der Waals surface area contributed by atoms with Crippen LogP contribution in [0.25, 0.3) is 27.8 Å². The van der Waals surface area contributed by atoms with Gasteiger partial charge >= 0.3 is 0 Å². The number of hydrogen-bond donors (Lipinski definition) is 2. The van der Waals surface area contributed by atoms with Crippen LogP contribution < -0.4 is 15.5 Å². The zero-order valence-electron chi connectivity index (χ0n) is 20.6. The molecule has 0 saturated heterocycles. The monoisotopic (exact) mass is 545 g/mol. The number of nitrogens with one attached hydrogen (secondary N) is 1. The number of hydrogen-bond acceptors (Lipinski definition) is 7. The molecular weight excluding hydrogens is 522 g/mol. The molecule has 2 aromatic heterocycles. The predicted molar refractivity (Wildman–Crippen MR) is 153 cm³/mol. The largest absolute Gasteiger partial charge is 0.378 e. The molecule has 0 fully saturated rings. The van der Waals surface area contributed by atoms with Crippen molar-refractivity contribution in [2.45, 2.75) is 4.90 Å². The summed E-state index contributed by atoms with van der Waals surface area (Å²) in [5.74, 6) is 0.515. The zero-order chi connectivity index (χ0) is 26.9. The smallest absolute Gasteiger partial charge is 0.238 e. The van der Waals surface area contributed by atoms with Gasteiger partial charge in [0, 0.05) is 42.3 Å². The fourth-order valence-electron chi connectivity index (χ4n) is 4.01. The van der Waals surface area contributed by atoms with E-state index in [1.165, 1.54) is 18.5 Å². The van der Waals surface area contributed by atoms with Crippen LogP contribution in [0.5, 0.6) is 0 Å². The van der Waals surface area contributed by atoms with Gasteiger partial charge in [-0.25, -0.2) is 23.5 Å². The van der Waals surface area contributed by atoms with Crippen LogP contribution in [0.3, 0.4) is 0 Å². The minimum absolute atomic E-state index is 0.0283. The second kappa shape index (κ2) is 10.3. The lowest BCUT2D eigenvalue weighted by Crippen LogP contribution is -2.12. The summed E-state index contributed by atoms with van der Waals surface area (Å²) in [6.45, 7) is 0. The van der Waals surface area contributed by atoms with Gasteiger partial charge in [-0.3, -0.25) is 5.43 Å². The molecule has 0 aliphatic carbocycles. The lowest BCUT2D eigenvalue weighted by Gasteiger charge is -2.11. The van der Waals surface area contributed by atoms with Crippen LogP contribution in [0.4, 0.5) is 11.5 Å². The maximum absolute atomic E-state index is 11.7. The van der Waals surface area contributed by atoms with Crippen molar-refractivity contribution in [1.82, 2.24) is 14.5 Å². The quantitative estimate of drug-likeness (QED) is 0.222. The number of sulfonamides is 1. The van der Waals surface area contributed by atoms with E-state index in [4.69, 9.17) is 16.7 Å². The van der Waals surface area contributed by atoms with Gasteiger partial charge in [0.05, 0.1) is 16.5 Å². The first kappa shape index (κ1) is 25.4. The molecule has 38 heavy (non-hydrogen) atoms. The second-order valence-corrected chi connectivity index (χ2v) is 10.7. The molecule has 5 rings (SSSR count). The van der Waals surface area contributed by atoms with E-state index in [1.807, 2.05) is 78.3 Å². The molecule has 0 bridgehead atoms. The van der Waals surface area contributed by atoms with Crippen LogP contribution in [-0.2, 0) is 10.0 Å². The van der Waals surface area contributed by atoms with Crippen LogP contribution in [0.1, 0.15) is 5.56 Å². The average molecular weight is 546 g/mol. The molecule has 5 aromatic rings. The van der Waals surface area contributed by atoms with Crippen molar-refractivity contribution >= 4 is 50.4 Å². The van der Waals surface area contributed by atoms with Crippen LogP contribution in [0.15, 0.2) is 95.3 Å². The fourth-order valence-corrected chi connectivity index (χ4v) is 4.66. The third-order valence-electron chi connectivity index (χ3n) is 5.98. The Labute approximate surface area is 225 Å². The molecule has 3 N–H and O–H groups in total. The highest BCUT2D eigenvalue weighted by Crippen LogP contribution is 2.36. The molecule has 9 nitrogen and oxygen atoms in total. The van der Waals surface area contributed by atoms with Gasteiger partial charge in [-0.1, -0.05) is 35.9 Å². The van der Waals surface area contributed by atoms with Gasteiger partial charge in [0.2, 0.25) is 10.0 Å². The van der Waals surface area contributed by atoms with Crippen molar-refractivity contribution < 1.29 is 8.42 Å². The van der Waals surface area contributed by atoms with E-state index in [1.54, 1.807) is 18.3 Å². The van der Waals surface area contributed by atoms with E-state index < -0.39 is 10.0 Å². The Bertz CT molecular complexity index is 1730. The SMILES string of the molecule is CN(C)c1ccc(/C=N/Nc2ncnc3c2c(-c2ccc(Cl)cc2)cn3-c2ccc(S(N)(=O)=O)cc2)cc1. The molecule has 0 aliphatic rings. The first-order chi connectivity index (χ1) is 18.2. The van der Waals surface area contributed by atoms with Crippen molar-refractivity contribution in [3.8, 4) is 16.8 Å². The summed E-state index contributed by atoms with van der Waals surface area (Å²) in [6.07, 6.45) is 5.09. The molecule has 11 heteroatoms. The number of nitrogens with two attached hydrogens (primary N) is 1. The Morgan fingerprint density at radius 2 is 1.66 bits per heavy atom. The van der Waals surface area contributed by atoms with E-state index in [0.29, 0.717) is 22.2 Å². The molecule has 0 unspecified atom stereocenters. The van der Waals surface area contributed by atoms with Crippen LogP contribution in [0, 0.1) is 0 Å². The molecule has 3 aromatic carbocycles. The normalized spacial score (nSPS) is 11.8. The molecule has 192 valence electrons. The number of primary sulfonamides is 1. The van der Waals surface area contributed by atoms with Crippen molar-refractivity contribution in [3.05, 3.63) is 95.9 Å². The van der Waals surface area contributed by atoms with Crippen LogP contribution >= 0.6 is 11.6 Å². The van der Waals surface area contributed by atoms with Gasteiger partial charge in [0.1, 0.15) is 6.33 Å². The number of aromatic nitrogens is 3. The predicted octanol–water partition coefficient (Wildman–Crippen LogP) is 4.90. The first-order valence-corrected chi connectivity index (χ1v) is 13.4. The molecule has 0 atom stereocenters. The average Bonchev–Trinajstić information content (AvgIpc) is 3.29. The summed E-state index contributed by atoms with van der Waals surface area (Å²) in [5, 5.41) is 11.0. The number of nitrogens with zero attached hydrogens (tertiary/aromatic N) is 5. The maximum Gasteiger partial charge on any atom is 0.238 e. The summed E-state index contributed by atoms with van der Waals surface area (Å²) in [4.78, 5) is 11.0. The Morgan fingerprint density at radius 3 is 2.29 bits per heavy atom. The number of hydrazone groups is 1. The number of rotatable bonds is 7. The van der Waals surface area contributed by atoms with E-state index >= 15 is 0 Å². The number of benzene rings is 3. The summed E-state index contributed by atoms with van der Waals surface area (Å²) >= 11 is 6.13. The van der Waals surface area contributed by atoms with Gasteiger partial charge in [-0.05, 0) is 59.7 Å². The highest BCUT2D eigenvalue weighted by atomic mass is 35.5. The number of halogens is 1. The van der Waals surface area contributed by atoms with Crippen LogP contribution in [-0.4, -0.2) is 43.3 Å². The van der Waals surface area contributed by atoms with E-state index in [0.717, 1.165) is 27.8 Å². The molecule has 0 amide bonds. The summed E-state index contributed by atoms with van der Waals surface area (Å²) in [7, 11) is 0.171. The Morgan fingerprint density at radius 1 is 0.974 bits per heavy atom. The highest BCUT2D eigenvalue weighted by molar-refractivity contribution is 7.89. The van der Waals surface area contributed by atoms with Crippen molar-refractivity contribution in [1.29, 1.82) is 0 Å². The van der Waals surface area contributed by atoms with E-state index in [2.05, 4.69) is 20.5 Å². The van der Waals surface area contributed by atoms with Gasteiger partial charge in [0.25, 0.3) is 0 Å². The van der Waals surface area contributed by atoms with Crippen molar-refractivity contribution in [2.24, 2.45) is 10.2 Å². The maximum atomic E-state index is 11.7. The number of fused-ring (bicyclic) bond motifs is 1.